The lowest BCUT2D eigenvalue weighted by molar-refractivity contribution is 0.0682. The van der Waals surface area contributed by atoms with Gasteiger partial charge >= 0.3 is 7.12 Å². The van der Waals surface area contributed by atoms with Gasteiger partial charge in [0.1, 0.15) is 5.82 Å². The highest BCUT2D eigenvalue weighted by Crippen LogP contribution is 2.18. The predicted molar refractivity (Wildman–Crippen MR) is 70.5 cm³/mol. The Morgan fingerprint density at radius 2 is 2.21 bits per heavy atom. The van der Waals surface area contributed by atoms with Crippen LogP contribution in [0.25, 0.3) is 0 Å². The molecule has 1 unspecified atom stereocenters. The summed E-state index contributed by atoms with van der Waals surface area (Å²) in [6, 6.07) is 3.73. The first-order valence-corrected chi connectivity index (χ1v) is 6.44. The van der Waals surface area contributed by atoms with Gasteiger partial charge in [-0.25, -0.2) is 4.39 Å². The van der Waals surface area contributed by atoms with Gasteiger partial charge in [0, 0.05) is 24.1 Å². The van der Waals surface area contributed by atoms with Crippen molar-refractivity contribution in [3.05, 3.63) is 29.6 Å². The Hall–Kier alpha value is -1.40. The van der Waals surface area contributed by atoms with Crippen molar-refractivity contribution in [1.29, 1.82) is 0 Å². The van der Waals surface area contributed by atoms with Crippen LogP contribution in [0.15, 0.2) is 18.2 Å². The van der Waals surface area contributed by atoms with Crippen molar-refractivity contribution in [3.63, 3.8) is 0 Å². The van der Waals surface area contributed by atoms with E-state index in [1.54, 1.807) is 4.90 Å². The van der Waals surface area contributed by atoms with Crippen LogP contribution in [0.5, 0.6) is 0 Å². The lowest BCUT2D eigenvalue weighted by Crippen LogP contribution is -2.39. The summed E-state index contributed by atoms with van der Waals surface area (Å²) in [5.74, 6) is -0.517. The highest BCUT2D eigenvalue weighted by molar-refractivity contribution is 6.58. The van der Waals surface area contributed by atoms with Crippen molar-refractivity contribution in [2.24, 2.45) is 5.92 Å². The lowest BCUT2D eigenvalue weighted by atomic mass is 9.79. The fourth-order valence-corrected chi connectivity index (χ4v) is 2.43. The van der Waals surface area contributed by atoms with E-state index in [1.165, 1.54) is 12.1 Å². The van der Waals surface area contributed by atoms with Crippen molar-refractivity contribution in [2.75, 3.05) is 13.1 Å². The average molecular weight is 265 g/mol. The molecular weight excluding hydrogens is 248 g/mol. The number of benzene rings is 1. The first-order chi connectivity index (χ1) is 8.99. The fraction of sp³-hybridized carbons (Fsp3) is 0.462. The molecule has 1 heterocycles. The molecule has 0 saturated carbocycles. The van der Waals surface area contributed by atoms with Crippen LogP contribution in [0.2, 0.25) is 0 Å². The molecule has 19 heavy (non-hydrogen) atoms. The number of rotatable bonds is 2. The number of amides is 1. The van der Waals surface area contributed by atoms with Crippen LogP contribution in [0, 0.1) is 11.7 Å². The van der Waals surface area contributed by atoms with Crippen LogP contribution in [0.3, 0.4) is 0 Å². The van der Waals surface area contributed by atoms with E-state index >= 15 is 0 Å². The Labute approximate surface area is 112 Å². The molecule has 1 saturated heterocycles. The second-order valence-electron chi connectivity index (χ2n) is 5.11. The smallest absolute Gasteiger partial charge is 0.423 e. The average Bonchev–Trinajstić information content (AvgIpc) is 2.37. The van der Waals surface area contributed by atoms with E-state index in [2.05, 4.69) is 6.92 Å². The molecule has 0 radical (unpaired) electrons. The van der Waals surface area contributed by atoms with Gasteiger partial charge in [0.2, 0.25) is 0 Å². The summed E-state index contributed by atoms with van der Waals surface area (Å²) < 4.78 is 13.6. The van der Waals surface area contributed by atoms with Crippen LogP contribution in [-0.4, -0.2) is 41.1 Å². The summed E-state index contributed by atoms with van der Waals surface area (Å²) in [5.41, 5.74) is 0.0274. The van der Waals surface area contributed by atoms with Crippen molar-refractivity contribution < 1.29 is 19.2 Å². The van der Waals surface area contributed by atoms with Gasteiger partial charge in [-0.05, 0) is 30.9 Å². The first kappa shape index (κ1) is 14.0. The maximum absolute atomic E-state index is 13.6. The van der Waals surface area contributed by atoms with Crippen molar-refractivity contribution >= 4 is 18.5 Å². The zero-order chi connectivity index (χ0) is 14.0. The fourth-order valence-electron chi connectivity index (χ4n) is 2.43. The molecular formula is C13H17BFNO3. The van der Waals surface area contributed by atoms with Gasteiger partial charge in [0.05, 0.1) is 0 Å². The third-order valence-corrected chi connectivity index (χ3v) is 3.47. The molecule has 1 aromatic carbocycles. The summed E-state index contributed by atoms with van der Waals surface area (Å²) in [5, 5.41) is 17.9. The third kappa shape index (κ3) is 3.14. The highest BCUT2D eigenvalue weighted by Gasteiger charge is 2.24. The second-order valence-corrected chi connectivity index (χ2v) is 5.11. The van der Waals surface area contributed by atoms with Gasteiger partial charge in [-0.2, -0.15) is 0 Å². The second kappa shape index (κ2) is 5.71. The summed E-state index contributed by atoms with van der Waals surface area (Å²) in [4.78, 5) is 13.9. The van der Waals surface area contributed by atoms with E-state index in [1.807, 2.05) is 0 Å². The number of carbonyl (C=O) groups excluding carboxylic acids is 1. The molecule has 0 aliphatic carbocycles. The number of halogens is 1. The number of carbonyl (C=O) groups is 1. The van der Waals surface area contributed by atoms with E-state index in [0.29, 0.717) is 19.0 Å². The quantitative estimate of drug-likeness (QED) is 0.760. The van der Waals surface area contributed by atoms with Crippen LogP contribution in [0.1, 0.15) is 30.1 Å². The Morgan fingerprint density at radius 3 is 2.79 bits per heavy atom. The minimum Gasteiger partial charge on any atom is -0.423 e. The molecule has 2 N–H and O–H groups in total. The van der Waals surface area contributed by atoms with Crippen molar-refractivity contribution in [3.8, 4) is 0 Å². The molecule has 1 amide bonds. The standard InChI is InChI=1S/C13H17BFNO3/c1-9-3-2-6-16(8-9)13(17)10-4-5-11(14(18)19)12(15)7-10/h4-5,7,9,18-19H,2-3,6,8H2,1H3. The van der Waals surface area contributed by atoms with Gasteiger partial charge < -0.3 is 14.9 Å². The maximum Gasteiger partial charge on any atom is 0.491 e. The third-order valence-electron chi connectivity index (χ3n) is 3.47. The summed E-state index contributed by atoms with van der Waals surface area (Å²) in [6.45, 7) is 3.46. The Kier molecular flexibility index (Phi) is 4.22. The first-order valence-electron chi connectivity index (χ1n) is 6.44. The predicted octanol–water partition coefficient (Wildman–Crippen LogP) is 0.378. The summed E-state index contributed by atoms with van der Waals surface area (Å²) in [6.07, 6.45) is 2.07. The molecule has 1 aromatic rings. The topological polar surface area (TPSA) is 60.8 Å². The number of nitrogens with zero attached hydrogens (tertiary/aromatic N) is 1. The summed E-state index contributed by atoms with van der Waals surface area (Å²) >= 11 is 0. The monoisotopic (exact) mass is 265 g/mol. The van der Waals surface area contributed by atoms with Crippen LogP contribution in [0.4, 0.5) is 4.39 Å². The number of likely N-dealkylation sites (tertiary alicyclic amines) is 1. The molecule has 2 rings (SSSR count). The molecule has 4 nitrogen and oxygen atoms in total. The number of hydrogen-bond donors (Lipinski definition) is 2. The Balaban J connectivity index is 2.17. The molecule has 1 aliphatic heterocycles. The summed E-state index contributed by atoms with van der Waals surface area (Å²) in [7, 11) is -1.86. The minimum absolute atomic E-state index is 0.204. The van der Waals surface area contributed by atoms with Crippen molar-refractivity contribution in [1.82, 2.24) is 4.90 Å². The minimum atomic E-state index is -1.86. The molecule has 0 bridgehead atoms. The van der Waals surface area contributed by atoms with E-state index < -0.39 is 12.9 Å². The normalized spacial score (nSPS) is 19.4. The highest BCUT2D eigenvalue weighted by atomic mass is 19.1. The molecule has 0 aromatic heterocycles. The largest absolute Gasteiger partial charge is 0.491 e. The van der Waals surface area contributed by atoms with Gasteiger partial charge in [-0.15, -0.1) is 0 Å². The molecule has 0 spiro atoms. The van der Waals surface area contributed by atoms with Gasteiger partial charge in [0.15, 0.2) is 0 Å². The molecule has 1 atom stereocenters. The molecule has 6 heteroatoms. The van der Waals surface area contributed by atoms with E-state index in [4.69, 9.17) is 10.0 Å². The van der Waals surface area contributed by atoms with Crippen LogP contribution in [-0.2, 0) is 0 Å². The zero-order valence-corrected chi connectivity index (χ0v) is 10.8. The number of piperidine rings is 1. The Morgan fingerprint density at radius 1 is 1.47 bits per heavy atom. The van der Waals surface area contributed by atoms with Crippen LogP contribution >= 0.6 is 0 Å². The van der Waals surface area contributed by atoms with Gasteiger partial charge in [-0.3, -0.25) is 4.79 Å². The van der Waals surface area contributed by atoms with Gasteiger partial charge in [-0.1, -0.05) is 13.0 Å². The van der Waals surface area contributed by atoms with Crippen LogP contribution < -0.4 is 5.46 Å². The zero-order valence-electron chi connectivity index (χ0n) is 10.8. The number of hydrogen-bond acceptors (Lipinski definition) is 3. The van der Waals surface area contributed by atoms with Gasteiger partial charge in [0.25, 0.3) is 5.91 Å². The Bertz CT molecular complexity index is 481. The SMILES string of the molecule is CC1CCCN(C(=O)c2ccc(B(O)O)c(F)c2)C1. The van der Waals surface area contributed by atoms with E-state index in [-0.39, 0.29) is 16.9 Å². The lowest BCUT2D eigenvalue weighted by Gasteiger charge is -2.31. The molecule has 1 aliphatic rings. The van der Waals surface area contributed by atoms with Crippen molar-refractivity contribution in [2.45, 2.75) is 19.8 Å². The van der Waals surface area contributed by atoms with E-state index in [9.17, 15) is 9.18 Å². The molecule has 102 valence electrons. The maximum atomic E-state index is 13.6. The van der Waals surface area contributed by atoms with E-state index in [0.717, 1.165) is 18.9 Å². The molecule has 1 fully saturated rings.